The van der Waals surface area contributed by atoms with Crippen molar-refractivity contribution in [3.8, 4) is 6.07 Å². The van der Waals surface area contributed by atoms with Crippen molar-refractivity contribution < 1.29 is 17.2 Å². The fourth-order valence-electron chi connectivity index (χ4n) is 0.964. The van der Waals surface area contributed by atoms with Gasteiger partial charge in [-0.15, -0.1) is 0 Å². The lowest BCUT2D eigenvalue weighted by Gasteiger charge is -2.06. The Morgan fingerprint density at radius 3 is 2.50 bits per heavy atom. The zero-order valence-electron chi connectivity index (χ0n) is 7.49. The van der Waals surface area contributed by atoms with Crippen molar-refractivity contribution in [2.75, 3.05) is 5.73 Å². The number of nitrogens with zero attached hydrogens (tertiary/aromatic N) is 2. The van der Waals surface area contributed by atoms with E-state index >= 15 is 0 Å². The van der Waals surface area contributed by atoms with Gasteiger partial charge in [0.05, 0.1) is 5.56 Å². The Balaban J connectivity index is 3.62. The summed E-state index contributed by atoms with van der Waals surface area (Å²) in [6, 6.07) is 1.96. The molecule has 0 unspecified atom stereocenters. The SMILES string of the molecule is N#Cc1nc(N)c(C(F)F)cc1S(=O)(=O)Cl. The first-order valence-electron chi connectivity index (χ1n) is 3.70. The number of pyridine rings is 1. The van der Waals surface area contributed by atoms with Gasteiger partial charge in [0.1, 0.15) is 16.8 Å². The van der Waals surface area contributed by atoms with Crippen LogP contribution in [0.25, 0.3) is 0 Å². The van der Waals surface area contributed by atoms with Crippen LogP contribution in [0.5, 0.6) is 0 Å². The van der Waals surface area contributed by atoms with Crippen LogP contribution < -0.4 is 5.73 Å². The molecule has 0 aliphatic carbocycles. The fraction of sp³-hybridized carbons (Fsp3) is 0.143. The number of anilines is 1. The summed E-state index contributed by atoms with van der Waals surface area (Å²) in [5.74, 6) is -0.601. The van der Waals surface area contributed by atoms with E-state index in [0.29, 0.717) is 6.07 Å². The Morgan fingerprint density at radius 2 is 2.12 bits per heavy atom. The molecule has 5 nitrogen and oxygen atoms in total. The Morgan fingerprint density at radius 1 is 1.56 bits per heavy atom. The van der Waals surface area contributed by atoms with Crippen molar-refractivity contribution in [1.29, 1.82) is 5.26 Å². The maximum Gasteiger partial charge on any atom is 0.267 e. The summed E-state index contributed by atoms with van der Waals surface area (Å²) in [7, 11) is 0.647. The number of halogens is 3. The summed E-state index contributed by atoms with van der Waals surface area (Å²) in [5.41, 5.74) is 3.74. The first kappa shape index (κ1) is 12.6. The van der Waals surface area contributed by atoms with Crippen molar-refractivity contribution in [3.05, 3.63) is 17.3 Å². The minimum atomic E-state index is -4.32. The second kappa shape index (κ2) is 4.19. The molecular weight excluding hydrogens is 264 g/mol. The van der Waals surface area contributed by atoms with E-state index in [1.54, 1.807) is 0 Å². The smallest absolute Gasteiger partial charge is 0.267 e. The molecule has 0 aliphatic heterocycles. The van der Waals surface area contributed by atoms with Gasteiger partial charge < -0.3 is 5.73 Å². The molecule has 0 saturated heterocycles. The van der Waals surface area contributed by atoms with Crippen LogP contribution in [0.2, 0.25) is 0 Å². The zero-order chi connectivity index (χ0) is 12.5. The van der Waals surface area contributed by atoms with Crippen LogP contribution in [0.1, 0.15) is 17.7 Å². The van der Waals surface area contributed by atoms with Gasteiger partial charge in [-0.25, -0.2) is 22.2 Å². The van der Waals surface area contributed by atoms with Gasteiger partial charge in [0.25, 0.3) is 15.5 Å². The van der Waals surface area contributed by atoms with E-state index in [4.69, 9.17) is 21.7 Å². The van der Waals surface area contributed by atoms with Gasteiger partial charge in [-0.05, 0) is 6.07 Å². The molecule has 0 spiro atoms. The number of aromatic nitrogens is 1. The highest BCUT2D eigenvalue weighted by Gasteiger charge is 2.23. The van der Waals surface area contributed by atoms with Crippen LogP contribution in [0.3, 0.4) is 0 Å². The average Bonchev–Trinajstić information content (AvgIpc) is 2.14. The maximum absolute atomic E-state index is 12.4. The van der Waals surface area contributed by atoms with Gasteiger partial charge in [0, 0.05) is 10.7 Å². The number of rotatable bonds is 2. The summed E-state index contributed by atoms with van der Waals surface area (Å²) >= 11 is 0. The number of hydrogen-bond acceptors (Lipinski definition) is 5. The summed E-state index contributed by atoms with van der Waals surface area (Å²) in [6.07, 6.45) is -3.00. The molecule has 9 heteroatoms. The summed E-state index contributed by atoms with van der Waals surface area (Å²) in [6.45, 7) is 0. The Bertz CT molecular complexity index is 568. The van der Waals surface area contributed by atoms with Crippen LogP contribution in [0, 0.1) is 11.3 Å². The van der Waals surface area contributed by atoms with Crippen molar-refractivity contribution in [2.24, 2.45) is 0 Å². The van der Waals surface area contributed by atoms with Gasteiger partial charge >= 0.3 is 0 Å². The molecule has 0 radical (unpaired) electrons. The molecule has 0 atom stereocenters. The van der Waals surface area contributed by atoms with Gasteiger partial charge in [-0.1, -0.05) is 0 Å². The maximum atomic E-state index is 12.4. The van der Waals surface area contributed by atoms with Gasteiger partial charge in [-0.2, -0.15) is 5.26 Å². The molecule has 1 aromatic rings. The summed E-state index contributed by atoms with van der Waals surface area (Å²) in [4.78, 5) is 2.48. The number of alkyl halides is 2. The quantitative estimate of drug-likeness (QED) is 0.817. The van der Waals surface area contributed by atoms with Crippen molar-refractivity contribution >= 4 is 25.6 Å². The molecule has 1 aromatic heterocycles. The number of nitrogens with two attached hydrogens (primary N) is 1. The first-order chi connectivity index (χ1) is 7.27. The average molecular weight is 268 g/mol. The van der Waals surface area contributed by atoms with E-state index in [0.717, 1.165) is 0 Å². The third-order valence-electron chi connectivity index (χ3n) is 1.65. The molecule has 0 fully saturated rings. The molecule has 0 aliphatic rings. The second-order valence-corrected chi connectivity index (χ2v) is 5.19. The molecule has 1 rings (SSSR count). The molecule has 0 saturated carbocycles. The molecular formula is C7H4ClF2N3O2S. The molecule has 0 aromatic carbocycles. The highest BCUT2D eigenvalue weighted by Crippen LogP contribution is 2.29. The first-order valence-corrected chi connectivity index (χ1v) is 6.01. The Kier molecular flexibility index (Phi) is 3.30. The molecule has 86 valence electrons. The highest BCUT2D eigenvalue weighted by molar-refractivity contribution is 8.13. The monoisotopic (exact) mass is 267 g/mol. The third-order valence-corrected chi connectivity index (χ3v) is 2.99. The van der Waals surface area contributed by atoms with Crippen molar-refractivity contribution in [3.63, 3.8) is 0 Å². The van der Waals surface area contributed by atoms with Crippen LogP contribution in [-0.4, -0.2) is 13.4 Å². The van der Waals surface area contributed by atoms with Crippen molar-refractivity contribution in [2.45, 2.75) is 11.3 Å². The lowest BCUT2D eigenvalue weighted by molar-refractivity contribution is 0.151. The topological polar surface area (TPSA) is 96.8 Å². The Labute approximate surface area is 93.9 Å². The van der Waals surface area contributed by atoms with Crippen LogP contribution in [0.4, 0.5) is 14.6 Å². The third kappa shape index (κ3) is 2.37. The van der Waals surface area contributed by atoms with Gasteiger partial charge in [0.2, 0.25) is 0 Å². The van der Waals surface area contributed by atoms with E-state index in [9.17, 15) is 17.2 Å². The molecule has 0 amide bonds. The minimum absolute atomic E-state index is 0.549. The van der Waals surface area contributed by atoms with E-state index < -0.39 is 37.4 Å². The van der Waals surface area contributed by atoms with Crippen LogP contribution >= 0.6 is 10.7 Å². The second-order valence-electron chi connectivity index (χ2n) is 2.66. The number of nitriles is 1. The molecule has 1 heterocycles. The van der Waals surface area contributed by atoms with E-state index in [1.807, 2.05) is 0 Å². The number of nitrogen functional groups attached to an aromatic ring is 1. The zero-order valence-corrected chi connectivity index (χ0v) is 9.06. The minimum Gasteiger partial charge on any atom is -0.383 e. The largest absolute Gasteiger partial charge is 0.383 e. The van der Waals surface area contributed by atoms with E-state index in [2.05, 4.69) is 4.98 Å². The fourth-order valence-corrected chi connectivity index (χ4v) is 1.91. The molecule has 0 bridgehead atoms. The summed E-state index contributed by atoms with van der Waals surface area (Å²) < 4.78 is 46.8. The van der Waals surface area contributed by atoms with Crippen LogP contribution in [0.15, 0.2) is 11.0 Å². The lowest BCUT2D eigenvalue weighted by atomic mass is 10.2. The molecule has 16 heavy (non-hydrogen) atoms. The van der Waals surface area contributed by atoms with E-state index in [-0.39, 0.29) is 0 Å². The van der Waals surface area contributed by atoms with Crippen molar-refractivity contribution in [1.82, 2.24) is 4.98 Å². The Hall–Kier alpha value is -1.46. The number of hydrogen-bond donors (Lipinski definition) is 1. The lowest BCUT2D eigenvalue weighted by Crippen LogP contribution is -2.05. The van der Waals surface area contributed by atoms with Gasteiger partial charge in [-0.3, -0.25) is 0 Å². The standard InChI is InChI=1S/C7H4ClF2N3O2S/c8-16(14,15)5-1-3(6(9)10)7(12)13-4(5)2-11/h1,6H,(H2,12,13). The normalized spacial score (nSPS) is 11.4. The predicted octanol–water partition coefficient (Wildman–Crippen LogP) is 1.40. The highest BCUT2D eigenvalue weighted by atomic mass is 35.7. The van der Waals surface area contributed by atoms with E-state index in [1.165, 1.54) is 6.07 Å². The summed E-state index contributed by atoms with van der Waals surface area (Å²) in [5, 5.41) is 8.56. The predicted molar refractivity (Wildman–Crippen MR) is 51.4 cm³/mol. The molecule has 2 N–H and O–H groups in total. The van der Waals surface area contributed by atoms with Crippen LogP contribution in [-0.2, 0) is 9.05 Å². The van der Waals surface area contributed by atoms with Gasteiger partial charge in [0.15, 0.2) is 5.69 Å².